The molecule has 0 radical (unpaired) electrons. The molecule has 0 saturated heterocycles. The number of ketones is 1. The Morgan fingerprint density at radius 2 is 1.75 bits per heavy atom. The van der Waals surface area contributed by atoms with Crippen LogP contribution in [0.4, 0.5) is 0 Å². The lowest BCUT2D eigenvalue weighted by molar-refractivity contribution is 0.0692. The van der Waals surface area contributed by atoms with E-state index in [1.165, 1.54) is 32.0 Å². The summed E-state index contributed by atoms with van der Waals surface area (Å²) >= 11 is 4.53. The van der Waals surface area contributed by atoms with Crippen molar-refractivity contribution in [2.45, 2.75) is 4.90 Å². The van der Waals surface area contributed by atoms with Crippen LogP contribution in [0.5, 0.6) is 11.5 Å². The van der Waals surface area contributed by atoms with E-state index in [9.17, 15) is 14.7 Å². The first-order valence-electron chi connectivity index (χ1n) is 6.87. The molecule has 0 bridgehead atoms. The van der Waals surface area contributed by atoms with Gasteiger partial charge >= 0.3 is 5.97 Å². The third kappa shape index (κ3) is 4.10. The number of rotatable bonds is 7. The second-order valence-corrected chi connectivity index (χ2v) is 6.57. The molecule has 0 atom stereocenters. The molecule has 0 unspecified atom stereocenters. The van der Waals surface area contributed by atoms with Crippen molar-refractivity contribution in [3.05, 3.63) is 52.0 Å². The number of thioether (sulfide) groups is 1. The van der Waals surface area contributed by atoms with Gasteiger partial charge < -0.3 is 14.6 Å². The largest absolute Gasteiger partial charge is 0.496 e. The molecule has 2 aromatic carbocycles. The van der Waals surface area contributed by atoms with Gasteiger partial charge in [-0.1, -0.05) is 12.1 Å². The average molecular weight is 411 g/mol. The number of aromatic carboxylic acids is 1. The molecular weight excluding hydrogens is 396 g/mol. The van der Waals surface area contributed by atoms with Gasteiger partial charge in [0.05, 0.1) is 35.6 Å². The number of carbonyl (C=O) groups excluding carboxylic acids is 1. The molecular formula is C17H15BrO5S. The van der Waals surface area contributed by atoms with Crippen LogP contribution in [0.2, 0.25) is 0 Å². The van der Waals surface area contributed by atoms with Crippen LogP contribution in [0.3, 0.4) is 0 Å². The highest BCUT2D eigenvalue weighted by Gasteiger charge is 2.18. The van der Waals surface area contributed by atoms with Gasteiger partial charge in [-0.3, -0.25) is 4.79 Å². The van der Waals surface area contributed by atoms with Gasteiger partial charge in [0.25, 0.3) is 0 Å². The topological polar surface area (TPSA) is 72.8 Å². The summed E-state index contributed by atoms with van der Waals surface area (Å²) in [6.07, 6.45) is 0. The van der Waals surface area contributed by atoms with E-state index in [4.69, 9.17) is 9.47 Å². The zero-order valence-electron chi connectivity index (χ0n) is 13.0. The second-order valence-electron chi connectivity index (χ2n) is 4.70. The van der Waals surface area contributed by atoms with Crippen molar-refractivity contribution < 1.29 is 24.2 Å². The van der Waals surface area contributed by atoms with Crippen molar-refractivity contribution in [2.75, 3.05) is 20.0 Å². The van der Waals surface area contributed by atoms with E-state index in [0.29, 0.717) is 26.4 Å². The minimum absolute atomic E-state index is 0.0966. The maximum atomic E-state index is 12.5. The van der Waals surface area contributed by atoms with Crippen molar-refractivity contribution in [2.24, 2.45) is 0 Å². The first kappa shape index (κ1) is 18.4. The minimum Gasteiger partial charge on any atom is -0.496 e. The predicted octanol–water partition coefficient (Wildman–Crippen LogP) is 4.14. The molecule has 2 rings (SSSR count). The van der Waals surface area contributed by atoms with Gasteiger partial charge in [0.1, 0.15) is 11.5 Å². The van der Waals surface area contributed by atoms with Crippen LogP contribution in [0, 0.1) is 0 Å². The van der Waals surface area contributed by atoms with Crippen molar-refractivity contribution in [1.82, 2.24) is 0 Å². The second kappa shape index (κ2) is 8.21. The first-order valence-corrected chi connectivity index (χ1v) is 8.65. The Morgan fingerprint density at radius 1 is 1.08 bits per heavy atom. The fourth-order valence-corrected chi connectivity index (χ4v) is 3.50. The van der Waals surface area contributed by atoms with E-state index in [2.05, 4.69) is 15.9 Å². The molecule has 2 aromatic rings. The Balaban J connectivity index is 2.22. The number of hydrogen-bond acceptors (Lipinski definition) is 5. The van der Waals surface area contributed by atoms with Gasteiger partial charge in [-0.05, 0) is 34.1 Å². The molecule has 0 aliphatic heterocycles. The highest BCUT2D eigenvalue weighted by molar-refractivity contribution is 9.10. The van der Waals surface area contributed by atoms with Crippen LogP contribution >= 0.6 is 27.7 Å². The number of ether oxygens (including phenoxy) is 2. The van der Waals surface area contributed by atoms with E-state index in [-0.39, 0.29) is 17.1 Å². The van der Waals surface area contributed by atoms with Crippen LogP contribution < -0.4 is 9.47 Å². The van der Waals surface area contributed by atoms with E-state index in [1.807, 2.05) is 0 Å². The summed E-state index contributed by atoms with van der Waals surface area (Å²) in [6, 6.07) is 9.86. The predicted molar refractivity (Wildman–Crippen MR) is 95.7 cm³/mol. The van der Waals surface area contributed by atoms with Gasteiger partial charge in [-0.25, -0.2) is 4.79 Å². The molecule has 0 amide bonds. The number of carboxylic acids is 1. The van der Waals surface area contributed by atoms with E-state index < -0.39 is 5.97 Å². The Bertz CT molecular complexity index is 776. The molecule has 0 heterocycles. The summed E-state index contributed by atoms with van der Waals surface area (Å²) in [5.41, 5.74) is 0.587. The third-order valence-electron chi connectivity index (χ3n) is 3.25. The molecule has 1 N–H and O–H groups in total. The molecule has 0 spiro atoms. The van der Waals surface area contributed by atoms with Crippen LogP contribution in [0.1, 0.15) is 20.7 Å². The van der Waals surface area contributed by atoms with Crippen molar-refractivity contribution in [1.29, 1.82) is 0 Å². The highest BCUT2D eigenvalue weighted by Crippen LogP contribution is 2.34. The Morgan fingerprint density at radius 3 is 2.38 bits per heavy atom. The van der Waals surface area contributed by atoms with Gasteiger partial charge in [-0.15, -0.1) is 11.8 Å². The maximum absolute atomic E-state index is 12.5. The zero-order chi connectivity index (χ0) is 17.7. The SMILES string of the molecule is COc1cc(OC)c(C(=O)CSc2ccccc2C(=O)O)cc1Br. The number of carboxylic acid groups (broad SMARTS) is 1. The molecule has 0 aliphatic rings. The lowest BCUT2D eigenvalue weighted by Crippen LogP contribution is -2.07. The zero-order valence-corrected chi connectivity index (χ0v) is 15.4. The van der Waals surface area contributed by atoms with Gasteiger partial charge in [-0.2, -0.15) is 0 Å². The van der Waals surface area contributed by atoms with Crippen molar-refractivity contribution in [3.63, 3.8) is 0 Å². The van der Waals surface area contributed by atoms with E-state index in [0.717, 1.165) is 0 Å². The number of carbonyl (C=O) groups is 2. The maximum Gasteiger partial charge on any atom is 0.336 e. The summed E-state index contributed by atoms with van der Waals surface area (Å²) in [5.74, 6) is -0.116. The molecule has 0 fully saturated rings. The van der Waals surface area contributed by atoms with Gasteiger partial charge in [0, 0.05) is 11.0 Å². The number of methoxy groups -OCH3 is 2. The van der Waals surface area contributed by atoms with E-state index >= 15 is 0 Å². The third-order valence-corrected chi connectivity index (χ3v) is 4.94. The lowest BCUT2D eigenvalue weighted by atomic mass is 10.1. The van der Waals surface area contributed by atoms with Crippen LogP contribution in [-0.2, 0) is 0 Å². The quantitative estimate of drug-likeness (QED) is 0.546. The number of benzene rings is 2. The number of hydrogen-bond donors (Lipinski definition) is 1. The molecule has 126 valence electrons. The smallest absolute Gasteiger partial charge is 0.336 e. The summed E-state index contributed by atoms with van der Waals surface area (Å²) in [7, 11) is 3.01. The van der Waals surface area contributed by atoms with Crippen molar-refractivity contribution >= 4 is 39.4 Å². The monoisotopic (exact) mass is 410 g/mol. The summed E-state index contributed by atoms with van der Waals surface area (Å²) in [6.45, 7) is 0. The van der Waals surface area contributed by atoms with Gasteiger partial charge in [0.2, 0.25) is 0 Å². The fraction of sp³-hybridized carbons (Fsp3) is 0.176. The number of Topliss-reactive ketones (excluding diaryl/α,β-unsaturated/α-hetero) is 1. The van der Waals surface area contributed by atoms with Crippen LogP contribution in [0.25, 0.3) is 0 Å². The Hall–Kier alpha value is -1.99. The normalized spacial score (nSPS) is 10.3. The fourth-order valence-electron chi connectivity index (χ4n) is 2.07. The molecule has 24 heavy (non-hydrogen) atoms. The van der Waals surface area contributed by atoms with E-state index in [1.54, 1.807) is 30.3 Å². The summed E-state index contributed by atoms with van der Waals surface area (Å²) in [5, 5.41) is 9.19. The Labute approximate surface area is 152 Å². The molecule has 7 heteroatoms. The Kier molecular flexibility index (Phi) is 6.28. The lowest BCUT2D eigenvalue weighted by Gasteiger charge is -2.12. The standard InChI is InChI=1S/C17H15BrO5S/c1-22-14-8-15(23-2)12(18)7-11(14)13(19)9-24-16-6-4-3-5-10(16)17(20)21/h3-8H,9H2,1-2H3,(H,20,21). The van der Waals surface area contributed by atoms with Crippen molar-refractivity contribution in [3.8, 4) is 11.5 Å². The number of halogens is 1. The van der Waals surface area contributed by atoms with Crippen LogP contribution in [0.15, 0.2) is 45.8 Å². The summed E-state index contributed by atoms with van der Waals surface area (Å²) < 4.78 is 11.1. The summed E-state index contributed by atoms with van der Waals surface area (Å²) in [4.78, 5) is 24.3. The molecule has 0 aromatic heterocycles. The highest BCUT2D eigenvalue weighted by atomic mass is 79.9. The van der Waals surface area contributed by atoms with Gasteiger partial charge in [0.15, 0.2) is 5.78 Å². The minimum atomic E-state index is -1.02. The van der Waals surface area contributed by atoms with Crippen LogP contribution in [-0.4, -0.2) is 36.8 Å². The first-order chi connectivity index (χ1) is 11.5. The molecule has 0 aliphatic carbocycles. The molecule has 0 saturated carbocycles. The molecule has 5 nitrogen and oxygen atoms in total. The average Bonchev–Trinajstić information content (AvgIpc) is 2.59.